The first kappa shape index (κ1) is 19.1. The number of benzene rings is 1. The number of nitrogens with one attached hydrogen (secondary N) is 1. The third-order valence-corrected chi connectivity index (χ3v) is 6.30. The van der Waals surface area contributed by atoms with Gasteiger partial charge in [-0.3, -0.25) is 14.5 Å². The number of hydrogen-bond donors (Lipinski definition) is 1. The summed E-state index contributed by atoms with van der Waals surface area (Å²) in [5.74, 6) is 0.0700. The predicted molar refractivity (Wildman–Crippen MR) is 111 cm³/mol. The van der Waals surface area contributed by atoms with Crippen molar-refractivity contribution >= 4 is 28.8 Å². The fourth-order valence-corrected chi connectivity index (χ4v) is 4.75. The average molecular weight is 399 g/mol. The van der Waals surface area contributed by atoms with E-state index in [4.69, 9.17) is 0 Å². The Morgan fingerprint density at radius 3 is 2.82 bits per heavy atom. The molecule has 6 nitrogen and oxygen atoms in total. The maximum Gasteiger partial charge on any atom is 0.238 e. The molecule has 4 rings (SSSR count). The molecule has 1 aromatic heterocycles. The van der Waals surface area contributed by atoms with Gasteiger partial charge >= 0.3 is 0 Å². The molecule has 7 heteroatoms. The van der Waals surface area contributed by atoms with Crippen LogP contribution in [0.3, 0.4) is 0 Å². The molecule has 1 saturated heterocycles. The van der Waals surface area contributed by atoms with Gasteiger partial charge < -0.3 is 10.2 Å². The molecule has 2 amide bonds. The lowest BCUT2D eigenvalue weighted by Crippen LogP contribution is -2.54. The molecule has 0 atom stereocenters. The summed E-state index contributed by atoms with van der Waals surface area (Å²) in [6.07, 6.45) is 4.70. The topological polar surface area (TPSA) is 65.5 Å². The van der Waals surface area contributed by atoms with E-state index in [2.05, 4.69) is 10.3 Å². The van der Waals surface area contributed by atoms with Gasteiger partial charge in [0.15, 0.2) is 0 Å². The van der Waals surface area contributed by atoms with Gasteiger partial charge in [0.2, 0.25) is 11.8 Å². The molecule has 0 unspecified atom stereocenters. The SMILES string of the molecule is Cc1nc(-c2cccc(NC(=O)CN3CCN(C4CCCC4)C(=O)C3)c2)cs1. The number of piperazine rings is 1. The summed E-state index contributed by atoms with van der Waals surface area (Å²) in [7, 11) is 0. The van der Waals surface area contributed by atoms with Crippen LogP contribution in [0.4, 0.5) is 5.69 Å². The van der Waals surface area contributed by atoms with Crippen LogP contribution in [0.15, 0.2) is 29.6 Å². The molecule has 2 heterocycles. The van der Waals surface area contributed by atoms with Gasteiger partial charge in [0.25, 0.3) is 0 Å². The highest BCUT2D eigenvalue weighted by Gasteiger charge is 2.31. The molecular weight excluding hydrogens is 372 g/mol. The number of hydrogen-bond acceptors (Lipinski definition) is 5. The van der Waals surface area contributed by atoms with Crippen molar-refractivity contribution in [3.8, 4) is 11.3 Å². The van der Waals surface area contributed by atoms with Gasteiger partial charge in [-0.25, -0.2) is 4.98 Å². The summed E-state index contributed by atoms with van der Waals surface area (Å²) >= 11 is 1.61. The van der Waals surface area contributed by atoms with E-state index in [9.17, 15) is 9.59 Å². The minimum Gasteiger partial charge on any atom is -0.337 e. The van der Waals surface area contributed by atoms with Gasteiger partial charge in [0.05, 0.1) is 23.8 Å². The molecule has 2 aromatic rings. The first-order chi connectivity index (χ1) is 13.6. The number of aryl methyl sites for hydroxylation is 1. The summed E-state index contributed by atoms with van der Waals surface area (Å²) in [5.41, 5.74) is 2.67. The van der Waals surface area contributed by atoms with Crippen LogP contribution in [0.2, 0.25) is 0 Å². The van der Waals surface area contributed by atoms with E-state index < -0.39 is 0 Å². The van der Waals surface area contributed by atoms with Crippen molar-refractivity contribution in [3.05, 3.63) is 34.7 Å². The summed E-state index contributed by atoms with van der Waals surface area (Å²) in [6.45, 7) is 4.04. The molecule has 2 aliphatic rings. The Hall–Kier alpha value is -2.25. The van der Waals surface area contributed by atoms with E-state index in [1.165, 1.54) is 12.8 Å². The first-order valence-corrected chi connectivity index (χ1v) is 10.8. The second-order valence-electron chi connectivity index (χ2n) is 7.62. The van der Waals surface area contributed by atoms with Crippen LogP contribution in [0.5, 0.6) is 0 Å². The number of amides is 2. The Balaban J connectivity index is 1.32. The van der Waals surface area contributed by atoms with E-state index >= 15 is 0 Å². The lowest BCUT2D eigenvalue weighted by molar-refractivity contribution is -0.139. The van der Waals surface area contributed by atoms with Gasteiger partial charge in [-0.1, -0.05) is 25.0 Å². The summed E-state index contributed by atoms with van der Waals surface area (Å²) in [4.78, 5) is 33.4. The van der Waals surface area contributed by atoms with Crippen LogP contribution >= 0.6 is 11.3 Å². The number of thiazole rings is 1. The average Bonchev–Trinajstić information content (AvgIpc) is 3.34. The summed E-state index contributed by atoms with van der Waals surface area (Å²) in [5, 5.41) is 6.00. The minimum absolute atomic E-state index is 0.0891. The Morgan fingerprint density at radius 2 is 2.11 bits per heavy atom. The maximum absolute atomic E-state index is 12.5. The predicted octanol–water partition coefficient (Wildman–Crippen LogP) is 3.14. The van der Waals surface area contributed by atoms with Crippen LogP contribution in [0.1, 0.15) is 30.7 Å². The van der Waals surface area contributed by atoms with Gasteiger partial charge in [-0.15, -0.1) is 11.3 Å². The number of aromatic nitrogens is 1. The molecule has 1 aromatic carbocycles. The van der Waals surface area contributed by atoms with Crippen molar-refractivity contribution in [1.82, 2.24) is 14.8 Å². The molecule has 1 aliphatic heterocycles. The largest absolute Gasteiger partial charge is 0.337 e. The monoisotopic (exact) mass is 398 g/mol. The third-order valence-electron chi connectivity index (χ3n) is 5.53. The minimum atomic E-state index is -0.0891. The van der Waals surface area contributed by atoms with Crippen molar-refractivity contribution in [1.29, 1.82) is 0 Å². The van der Waals surface area contributed by atoms with Crippen molar-refractivity contribution in [2.75, 3.05) is 31.5 Å². The molecule has 28 heavy (non-hydrogen) atoms. The highest BCUT2D eigenvalue weighted by molar-refractivity contribution is 7.09. The molecule has 148 valence electrons. The van der Waals surface area contributed by atoms with Crippen LogP contribution in [0, 0.1) is 6.92 Å². The zero-order valence-corrected chi connectivity index (χ0v) is 17.0. The van der Waals surface area contributed by atoms with Gasteiger partial charge in [0.1, 0.15) is 0 Å². The van der Waals surface area contributed by atoms with E-state index in [1.807, 2.05) is 46.4 Å². The van der Waals surface area contributed by atoms with Crippen molar-refractivity contribution in [2.45, 2.75) is 38.6 Å². The third kappa shape index (κ3) is 4.42. The van der Waals surface area contributed by atoms with E-state index in [0.29, 0.717) is 12.6 Å². The van der Waals surface area contributed by atoms with Crippen LogP contribution in [-0.4, -0.2) is 58.8 Å². The van der Waals surface area contributed by atoms with Crippen LogP contribution in [0.25, 0.3) is 11.3 Å². The fraction of sp³-hybridized carbons (Fsp3) is 0.476. The Bertz CT molecular complexity index is 860. The van der Waals surface area contributed by atoms with Crippen LogP contribution in [-0.2, 0) is 9.59 Å². The smallest absolute Gasteiger partial charge is 0.238 e. The number of carbonyl (C=O) groups excluding carboxylic acids is 2. The summed E-state index contributed by atoms with van der Waals surface area (Å²) < 4.78 is 0. The first-order valence-electron chi connectivity index (χ1n) is 9.93. The lowest BCUT2D eigenvalue weighted by Gasteiger charge is -2.37. The quantitative estimate of drug-likeness (QED) is 0.840. The van der Waals surface area contributed by atoms with Gasteiger partial charge in [0, 0.05) is 35.8 Å². The zero-order valence-electron chi connectivity index (χ0n) is 16.2. The fourth-order valence-electron chi connectivity index (χ4n) is 4.13. The molecule has 1 aliphatic carbocycles. The van der Waals surface area contributed by atoms with Gasteiger partial charge in [-0.2, -0.15) is 0 Å². The Labute approximate surface area is 169 Å². The van der Waals surface area contributed by atoms with Crippen molar-refractivity contribution < 1.29 is 9.59 Å². The highest BCUT2D eigenvalue weighted by atomic mass is 32.1. The van der Waals surface area contributed by atoms with Crippen molar-refractivity contribution in [3.63, 3.8) is 0 Å². The van der Waals surface area contributed by atoms with Crippen LogP contribution < -0.4 is 5.32 Å². The number of nitrogens with zero attached hydrogens (tertiary/aromatic N) is 3. The highest BCUT2D eigenvalue weighted by Crippen LogP contribution is 2.25. The Morgan fingerprint density at radius 1 is 1.29 bits per heavy atom. The maximum atomic E-state index is 12.5. The zero-order chi connectivity index (χ0) is 19.5. The number of carbonyl (C=O) groups is 2. The number of anilines is 1. The standard InChI is InChI=1S/C21H26N4O2S/c1-15-22-19(14-28-15)16-5-4-6-17(11-16)23-20(26)12-24-9-10-25(21(27)13-24)18-7-2-3-8-18/h4-6,11,14,18H,2-3,7-10,12-13H2,1H3,(H,23,26). The van der Waals surface area contributed by atoms with E-state index in [-0.39, 0.29) is 18.4 Å². The van der Waals surface area contributed by atoms with E-state index in [0.717, 1.165) is 47.9 Å². The normalized spacial score (nSPS) is 18.6. The molecule has 0 spiro atoms. The molecular formula is C21H26N4O2S. The molecule has 2 fully saturated rings. The van der Waals surface area contributed by atoms with Gasteiger partial charge in [-0.05, 0) is 31.9 Å². The lowest BCUT2D eigenvalue weighted by atomic mass is 10.1. The van der Waals surface area contributed by atoms with Crippen molar-refractivity contribution in [2.24, 2.45) is 0 Å². The molecule has 1 saturated carbocycles. The second kappa shape index (κ2) is 8.41. The second-order valence-corrected chi connectivity index (χ2v) is 8.68. The number of rotatable bonds is 5. The Kier molecular flexibility index (Phi) is 5.73. The molecule has 0 radical (unpaired) electrons. The molecule has 1 N–H and O–H groups in total. The van der Waals surface area contributed by atoms with E-state index in [1.54, 1.807) is 11.3 Å². The summed E-state index contributed by atoms with van der Waals surface area (Å²) in [6, 6.07) is 8.15. The molecule has 0 bridgehead atoms.